The number of nitro benzene ring substituents is 1. The molecule has 0 spiro atoms. The van der Waals surface area contributed by atoms with Crippen molar-refractivity contribution in [2.24, 2.45) is 5.73 Å². The molecule has 0 aliphatic rings. The van der Waals surface area contributed by atoms with E-state index in [1.165, 1.54) is 43.5 Å². The molecule has 2 aromatic carbocycles. The van der Waals surface area contributed by atoms with Crippen LogP contribution in [0.25, 0.3) is 11.5 Å². The summed E-state index contributed by atoms with van der Waals surface area (Å²) in [4.78, 5) is 33.5. The topological polar surface area (TPSA) is 170 Å². The quantitative estimate of drug-likeness (QED) is 0.283. The molecule has 32 heavy (non-hydrogen) atoms. The van der Waals surface area contributed by atoms with Gasteiger partial charge in [-0.15, -0.1) is 10.2 Å². The lowest BCUT2D eigenvalue weighted by molar-refractivity contribution is -0.384. The molecule has 0 atom stereocenters. The lowest BCUT2D eigenvalue weighted by Gasteiger charge is -2.12. The summed E-state index contributed by atoms with van der Waals surface area (Å²) in [7, 11) is 1.33. The van der Waals surface area contributed by atoms with Crippen LogP contribution in [0.3, 0.4) is 0 Å². The molecule has 3 aromatic rings. The van der Waals surface area contributed by atoms with Gasteiger partial charge in [0.05, 0.1) is 22.6 Å². The maximum absolute atomic E-state index is 12.4. The predicted octanol–water partition coefficient (Wildman–Crippen LogP) is 2.53. The van der Waals surface area contributed by atoms with E-state index in [1.54, 1.807) is 0 Å². The number of nitrogens with zero attached hydrogens (tertiary/aromatic N) is 3. The number of carbonyl (C=O) groups is 2. The second-order valence-corrected chi connectivity index (χ2v) is 6.53. The fourth-order valence-corrected chi connectivity index (χ4v) is 2.75. The van der Waals surface area contributed by atoms with Crippen LogP contribution in [0.15, 0.2) is 40.8 Å². The lowest BCUT2D eigenvalue weighted by Crippen LogP contribution is -2.20. The molecule has 1 aromatic heterocycles. The van der Waals surface area contributed by atoms with Crippen LogP contribution in [0.1, 0.15) is 16.2 Å². The third-order valence-corrected chi connectivity index (χ3v) is 4.22. The van der Waals surface area contributed by atoms with Crippen LogP contribution in [0, 0.1) is 10.1 Å². The maximum Gasteiger partial charge on any atom is 0.338 e. The fourth-order valence-electron chi connectivity index (χ4n) is 2.49. The minimum Gasteiger partial charge on any atom is -0.493 e. The van der Waals surface area contributed by atoms with Crippen LogP contribution in [0.4, 0.5) is 5.69 Å². The maximum atomic E-state index is 12.4. The monoisotopic (exact) mass is 462 g/mol. The summed E-state index contributed by atoms with van der Waals surface area (Å²) >= 11 is 6.11. The largest absolute Gasteiger partial charge is 0.493 e. The van der Waals surface area contributed by atoms with E-state index < -0.39 is 23.4 Å². The molecular weight excluding hydrogens is 448 g/mol. The number of non-ortho nitro benzene ring substituents is 1. The number of amides is 1. The van der Waals surface area contributed by atoms with E-state index in [1.807, 2.05) is 0 Å². The van der Waals surface area contributed by atoms with Crippen molar-refractivity contribution in [3.63, 3.8) is 0 Å². The number of primary amides is 1. The third-order valence-electron chi connectivity index (χ3n) is 3.94. The Labute approximate surface area is 185 Å². The van der Waals surface area contributed by atoms with Gasteiger partial charge in [0.25, 0.3) is 17.5 Å². The number of hydrogen-bond donors (Lipinski definition) is 1. The molecule has 12 nitrogen and oxygen atoms in total. The van der Waals surface area contributed by atoms with Crippen molar-refractivity contribution < 1.29 is 33.1 Å². The summed E-state index contributed by atoms with van der Waals surface area (Å²) in [6.07, 6.45) is 0. The Morgan fingerprint density at radius 3 is 2.56 bits per heavy atom. The number of halogens is 1. The molecule has 0 fully saturated rings. The molecule has 13 heteroatoms. The second-order valence-electron chi connectivity index (χ2n) is 6.13. The number of rotatable bonds is 9. The van der Waals surface area contributed by atoms with Crippen LogP contribution in [-0.4, -0.2) is 40.7 Å². The van der Waals surface area contributed by atoms with Crippen molar-refractivity contribution in [1.29, 1.82) is 0 Å². The van der Waals surface area contributed by atoms with Crippen molar-refractivity contribution in [3.8, 4) is 23.0 Å². The number of aromatic nitrogens is 2. The molecule has 3 rings (SSSR count). The first-order chi connectivity index (χ1) is 15.3. The SMILES string of the molecule is COc1cc(C(=O)OCc2nnc(-c3ccc([N+](=O)[O-])cc3)o2)cc(Cl)c1OCC(N)=O. The van der Waals surface area contributed by atoms with Crippen LogP contribution in [0.2, 0.25) is 5.02 Å². The summed E-state index contributed by atoms with van der Waals surface area (Å²) in [6, 6.07) is 8.11. The van der Waals surface area contributed by atoms with Crippen molar-refractivity contribution in [2.45, 2.75) is 6.61 Å². The minimum absolute atomic E-state index is 0.00572. The first kappa shape index (κ1) is 22.5. The molecule has 0 saturated heterocycles. The summed E-state index contributed by atoms with van der Waals surface area (Å²) < 4.78 is 20.9. The average Bonchev–Trinajstić information content (AvgIpc) is 3.25. The van der Waals surface area contributed by atoms with Gasteiger partial charge < -0.3 is 24.4 Å². The van der Waals surface area contributed by atoms with E-state index in [2.05, 4.69) is 10.2 Å². The zero-order valence-corrected chi connectivity index (χ0v) is 17.2. The first-order valence-electron chi connectivity index (χ1n) is 8.81. The molecule has 166 valence electrons. The number of esters is 1. The molecule has 0 saturated carbocycles. The van der Waals surface area contributed by atoms with Crippen LogP contribution in [0.5, 0.6) is 11.5 Å². The molecular formula is C19H15ClN4O8. The minimum atomic E-state index is -0.762. The van der Waals surface area contributed by atoms with Crippen molar-refractivity contribution in [3.05, 3.63) is 63.0 Å². The van der Waals surface area contributed by atoms with Gasteiger partial charge in [-0.2, -0.15) is 0 Å². The molecule has 2 N–H and O–H groups in total. The number of nitrogens with two attached hydrogens (primary N) is 1. The number of benzene rings is 2. The molecule has 1 heterocycles. The van der Waals surface area contributed by atoms with Gasteiger partial charge >= 0.3 is 5.97 Å². The molecule has 0 aliphatic carbocycles. The molecule has 1 amide bonds. The summed E-state index contributed by atoms with van der Waals surface area (Å²) in [5.41, 5.74) is 5.47. The number of hydrogen-bond acceptors (Lipinski definition) is 10. The Balaban J connectivity index is 1.67. The van der Waals surface area contributed by atoms with Gasteiger partial charge in [-0.1, -0.05) is 11.6 Å². The highest BCUT2D eigenvalue weighted by atomic mass is 35.5. The van der Waals surface area contributed by atoms with Crippen molar-refractivity contribution in [2.75, 3.05) is 13.7 Å². The van der Waals surface area contributed by atoms with Crippen LogP contribution < -0.4 is 15.2 Å². The van der Waals surface area contributed by atoms with E-state index in [9.17, 15) is 19.7 Å². The Bertz CT molecular complexity index is 1160. The van der Waals surface area contributed by atoms with Gasteiger partial charge in [0.15, 0.2) is 24.7 Å². The second kappa shape index (κ2) is 9.75. The van der Waals surface area contributed by atoms with Crippen molar-refractivity contribution >= 4 is 29.2 Å². The highest BCUT2D eigenvalue weighted by Gasteiger charge is 2.19. The van der Waals surface area contributed by atoms with Gasteiger partial charge in [-0.25, -0.2) is 4.79 Å². The van der Waals surface area contributed by atoms with Gasteiger partial charge in [0, 0.05) is 17.7 Å². The average molecular weight is 463 g/mol. The van der Waals surface area contributed by atoms with Crippen LogP contribution >= 0.6 is 11.6 Å². The predicted molar refractivity (Wildman–Crippen MR) is 108 cm³/mol. The van der Waals surface area contributed by atoms with E-state index in [-0.39, 0.29) is 46.2 Å². The smallest absolute Gasteiger partial charge is 0.338 e. The van der Waals surface area contributed by atoms with Gasteiger partial charge in [-0.05, 0) is 24.3 Å². The number of methoxy groups -OCH3 is 1. The van der Waals surface area contributed by atoms with Gasteiger partial charge in [0.2, 0.25) is 5.89 Å². The summed E-state index contributed by atoms with van der Waals surface area (Å²) in [6.45, 7) is -0.757. The highest BCUT2D eigenvalue weighted by Crippen LogP contribution is 2.36. The summed E-state index contributed by atoms with van der Waals surface area (Å²) in [5.74, 6) is -1.21. The Morgan fingerprint density at radius 2 is 1.94 bits per heavy atom. The molecule has 0 aliphatic heterocycles. The number of nitro groups is 1. The number of ether oxygens (including phenoxy) is 3. The van der Waals surface area contributed by atoms with E-state index >= 15 is 0 Å². The third kappa shape index (κ3) is 5.29. The van der Waals surface area contributed by atoms with E-state index in [0.717, 1.165) is 0 Å². The standard InChI is InChI=1S/C19H15ClN4O8/c1-29-14-7-11(6-13(20)17(14)30-8-15(21)25)19(26)31-9-16-22-23-18(32-16)10-2-4-12(5-3-10)24(27)28/h2-7H,8-9H2,1H3,(H2,21,25). The van der Waals surface area contributed by atoms with Gasteiger partial charge in [-0.3, -0.25) is 14.9 Å². The zero-order valence-electron chi connectivity index (χ0n) is 16.4. The number of carbonyl (C=O) groups excluding carboxylic acids is 2. The molecule has 0 bridgehead atoms. The van der Waals surface area contributed by atoms with Gasteiger partial charge in [0.1, 0.15) is 0 Å². The van der Waals surface area contributed by atoms with E-state index in [0.29, 0.717) is 5.56 Å². The normalized spacial score (nSPS) is 10.4. The fraction of sp³-hybridized carbons (Fsp3) is 0.158. The summed E-state index contributed by atoms with van der Waals surface area (Å²) in [5, 5.41) is 18.3. The molecule has 0 radical (unpaired) electrons. The molecule has 0 unspecified atom stereocenters. The van der Waals surface area contributed by atoms with E-state index in [4.69, 9.17) is 36.0 Å². The lowest BCUT2D eigenvalue weighted by atomic mass is 10.2. The van der Waals surface area contributed by atoms with Crippen molar-refractivity contribution in [1.82, 2.24) is 10.2 Å². The first-order valence-corrected chi connectivity index (χ1v) is 9.19. The Hall–Kier alpha value is -4.19. The Morgan fingerprint density at radius 1 is 1.22 bits per heavy atom. The highest BCUT2D eigenvalue weighted by molar-refractivity contribution is 6.32. The zero-order chi connectivity index (χ0) is 23.3. The van der Waals surface area contributed by atoms with Crippen LogP contribution in [-0.2, 0) is 16.1 Å². The Kier molecular flexibility index (Phi) is 6.85.